The molecule has 1 amide bonds. The summed E-state index contributed by atoms with van der Waals surface area (Å²) in [6, 6.07) is 13.4. The van der Waals surface area contributed by atoms with Crippen molar-refractivity contribution in [1.82, 2.24) is 4.90 Å². The summed E-state index contributed by atoms with van der Waals surface area (Å²) in [5, 5.41) is 0. The molecule has 0 atom stereocenters. The van der Waals surface area contributed by atoms with Crippen LogP contribution in [-0.4, -0.2) is 25.0 Å². The molecule has 0 unspecified atom stereocenters. The monoisotopic (exact) mass is 347 g/mol. The number of benzene rings is 2. The molecule has 0 aliphatic rings. The second kappa shape index (κ2) is 6.76. The Bertz CT molecular complexity index is 655. The number of halogens is 1. The second-order valence-electron chi connectivity index (χ2n) is 4.95. The molecule has 2 rings (SSSR count). The summed E-state index contributed by atoms with van der Waals surface area (Å²) in [5.74, 6) is 0.790. The predicted octanol–water partition coefficient (Wildman–Crippen LogP) is 4.04. The zero-order valence-corrected chi connectivity index (χ0v) is 14.0. The third kappa shape index (κ3) is 3.64. The van der Waals surface area contributed by atoms with Gasteiger partial charge in [0, 0.05) is 18.1 Å². The number of hydrogen-bond donors (Lipinski definition) is 0. The van der Waals surface area contributed by atoms with E-state index in [-0.39, 0.29) is 5.91 Å². The third-order valence-electron chi connectivity index (χ3n) is 3.32. The minimum absolute atomic E-state index is 0.00612. The summed E-state index contributed by atoms with van der Waals surface area (Å²) in [4.78, 5) is 14.2. The molecule has 0 aromatic heterocycles. The smallest absolute Gasteiger partial charge is 0.255 e. The van der Waals surface area contributed by atoms with Gasteiger partial charge in [-0.05, 0) is 52.2 Å². The highest BCUT2D eigenvalue weighted by molar-refractivity contribution is 9.10. The van der Waals surface area contributed by atoms with Crippen LogP contribution in [0.1, 0.15) is 21.5 Å². The molecule has 0 fully saturated rings. The van der Waals surface area contributed by atoms with Crippen LogP contribution in [0.3, 0.4) is 0 Å². The molecule has 0 aliphatic carbocycles. The van der Waals surface area contributed by atoms with Gasteiger partial charge in [0.05, 0.1) is 12.7 Å². The summed E-state index contributed by atoms with van der Waals surface area (Å²) in [7, 11) is 3.44. The number of ether oxygens (including phenoxy) is 1. The number of rotatable bonds is 4. The molecule has 0 spiro atoms. The first kappa shape index (κ1) is 15.6. The molecule has 0 N–H and O–H groups in total. The van der Waals surface area contributed by atoms with Crippen molar-refractivity contribution < 1.29 is 9.53 Å². The number of nitrogens with zero attached hydrogens (tertiary/aromatic N) is 1. The molecule has 0 radical (unpaired) electrons. The SMILES string of the molecule is COc1cccc(CN(C)C(=O)c2cccc(C)c2Br)c1. The second-order valence-corrected chi connectivity index (χ2v) is 5.74. The number of methoxy groups -OCH3 is 1. The lowest BCUT2D eigenvalue weighted by Crippen LogP contribution is -2.26. The predicted molar refractivity (Wildman–Crippen MR) is 87.7 cm³/mol. The van der Waals surface area contributed by atoms with Gasteiger partial charge in [0.1, 0.15) is 5.75 Å². The topological polar surface area (TPSA) is 29.5 Å². The van der Waals surface area contributed by atoms with Gasteiger partial charge in [-0.2, -0.15) is 0 Å². The molecule has 110 valence electrons. The van der Waals surface area contributed by atoms with Crippen LogP contribution in [0.4, 0.5) is 0 Å². The Morgan fingerprint density at radius 3 is 2.67 bits per heavy atom. The van der Waals surface area contributed by atoms with Gasteiger partial charge in [-0.1, -0.05) is 24.3 Å². The molecule has 2 aromatic carbocycles. The summed E-state index contributed by atoms with van der Waals surface area (Å²) in [5.41, 5.74) is 2.77. The summed E-state index contributed by atoms with van der Waals surface area (Å²) in [6.07, 6.45) is 0. The average Bonchev–Trinajstić information content (AvgIpc) is 2.49. The van der Waals surface area contributed by atoms with Crippen molar-refractivity contribution in [1.29, 1.82) is 0 Å². The molecule has 3 nitrogen and oxygen atoms in total. The van der Waals surface area contributed by atoms with E-state index in [4.69, 9.17) is 4.74 Å². The summed E-state index contributed by atoms with van der Waals surface area (Å²) < 4.78 is 6.06. The van der Waals surface area contributed by atoms with Gasteiger partial charge in [0.25, 0.3) is 5.91 Å². The Morgan fingerprint density at radius 2 is 1.95 bits per heavy atom. The van der Waals surface area contributed by atoms with Gasteiger partial charge in [-0.3, -0.25) is 4.79 Å². The lowest BCUT2D eigenvalue weighted by molar-refractivity contribution is 0.0784. The van der Waals surface area contributed by atoms with Crippen molar-refractivity contribution in [3.63, 3.8) is 0 Å². The van der Waals surface area contributed by atoms with Crippen molar-refractivity contribution >= 4 is 21.8 Å². The normalized spacial score (nSPS) is 10.3. The molecule has 0 saturated carbocycles. The highest BCUT2D eigenvalue weighted by atomic mass is 79.9. The van der Waals surface area contributed by atoms with Crippen LogP contribution in [0.15, 0.2) is 46.9 Å². The molecule has 0 bridgehead atoms. The fourth-order valence-electron chi connectivity index (χ4n) is 2.13. The van der Waals surface area contributed by atoms with Crippen molar-refractivity contribution in [2.75, 3.05) is 14.2 Å². The highest BCUT2D eigenvalue weighted by Gasteiger charge is 2.16. The Labute approximate surface area is 133 Å². The lowest BCUT2D eigenvalue weighted by Gasteiger charge is -2.19. The first-order valence-corrected chi connectivity index (χ1v) is 7.45. The molecular weight excluding hydrogens is 330 g/mol. The number of carbonyl (C=O) groups excluding carboxylic acids is 1. The zero-order valence-electron chi connectivity index (χ0n) is 12.4. The van der Waals surface area contributed by atoms with Crippen LogP contribution < -0.4 is 4.74 Å². The molecule has 0 saturated heterocycles. The quantitative estimate of drug-likeness (QED) is 0.835. The maximum Gasteiger partial charge on any atom is 0.255 e. The van der Waals surface area contributed by atoms with Crippen molar-refractivity contribution in [2.45, 2.75) is 13.5 Å². The summed E-state index contributed by atoms with van der Waals surface area (Å²) >= 11 is 3.49. The first-order chi connectivity index (χ1) is 10.0. The van der Waals surface area contributed by atoms with E-state index in [0.29, 0.717) is 12.1 Å². The minimum atomic E-state index is -0.00612. The van der Waals surface area contributed by atoms with Crippen molar-refractivity contribution in [3.05, 3.63) is 63.6 Å². The zero-order chi connectivity index (χ0) is 15.4. The number of carbonyl (C=O) groups is 1. The van der Waals surface area contributed by atoms with Gasteiger partial charge < -0.3 is 9.64 Å². The minimum Gasteiger partial charge on any atom is -0.497 e. The van der Waals surface area contributed by atoms with Gasteiger partial charge in [-0.25, -0.2) is 0 Å². The Hall–Kier alpha value is -1.81. The largest absolute Gasteiger partial charge is 0.497 e. The fourth-order valence-corrected chi connectivity index (χ4v) is 2.57. The van der Waals surface area contributed by atoms with E-state index in [1.165, 1.54) is 0 Å². The van der Waals surface area contributed by atoms with Crippen LogP contribution in [-0.2, 0) is 6.54 Å². The van der Waals surface area contributed by atoms with Gasteiger partial charge in [0.15, 0.2) is 0 Å². The maximum absolute atomic E-state index is 12.5. The number of amides is 1. The standard InChI is InChI=1S/C17H18BrNO2/c1-12-6-4-9-15(16(12)18)17(20)19(2)11-13-7-5-8-14(10-13)21-3/h4-10H,11H2,1-3H3. The molecule has 2 aromatic rings. The van der Waals surface area contributed by atoms with E-state index < -0.39 is 0 Å². The van der Waals surface area contributed by atoms with E-state index in [9.17, 15) is 4.79 Å². The van der Waals surface area contributed by atoms with Crippen molar-refractivity contribution in [3.8, 4) is 5.75 Å². The van der Waals surface area contributed by atoms with Crippen LogP contribution in [0.25, 0.3) is 0 Å². The lowest BCUT2D eigenvalue weighted by atomic mass is 10.1. The first-order valence-electron chi connectivity index (χ1n) is 6.66. The molecule has 0 aliphatic heterocycles. The van der Waals surface area contributed by atoms with Crippen LogP contribution in [0, 0.1) is 6.92 Å². The van der Waals surface area contributed by atoms with E-state index in [1.54, 1.807) is 19.1 Å². The number of aryl methyl sites for hydroxylation is 1. The van der Waals surface area contributed by atoms with Gasteiger partial charge >= 0.3 is 0 Å². The molecule has 21 heavy (non-hydrogen) atoms. The van der Waals surface area contributed by atoms with E-state index >= 15 is 0 Å². The molecule has 0 heterocycles. The highest BCUT2D eigenvalue weighted by Crippen LogP contribution is 2.23. The molecular formula is C17H18BrNO2. The van der Waals surface area contributed by atoms with Gasteiger partial charge in [0.2, 0.25) is 0 Å². The fraction of sp³-hybridized carbons (Fsp3) is 0.235. The molecule has 4 heteroatoms. The third-order valence-corrected chi connectivity index (χ3v) is 4.38. The maximum atomic E-state index is 12.5. The Morgan fingerprint density at radius 1 is 1.24 bits per heavy atom. The Balaban J connectivity index is 2.17. The summed E-state index contributed by atoms with van der Waals surface area (Å²) in [6.45, 7) is 2.51. The van der Waals surface area contributed by atoms with E-state index in [0.717, 1.165) is 21.3 Å². The number of hydrogen-bond acceptors (Lipinski definition) is 2. The van der Waals surface area contributed by atoms with Crippen LogP contribution in [0.2, 0.25) is 0 Å². The van der Waals surface area contributed by atoms with Crippen LogP contribution >= 0.6 is 15.9 Å². The average molecular weight is 348 g/mol. The van der Waals surface area contributed by atoms with Gasteiger partial charge in [-0.15, -0.1) is 0 Å². The van der Waals surface area contributed by atoms with E-state index in [2.05, 4.69) is 15.9 Å². The van der Waals surface area contributed by atoms with E-state index in [1.807, 2.05) is 49.4 Å². The van der Waals surface area contributed by atoms with Crippen LogP contribution in [0.5, 0.6) is 5.75 Å². The Kier molecular flexibility index (Phi) is 5.02. The van der Waals surface area contributed by atoms with Crippen molar-refractivity contribution in [2.24, 2.45) is 0 Å².